The Kier molecular flexibility index (Phi) is 7.60. The van der Waals surface area contributed by atoms with Crippen molar-refractivity contribution in [3.8, 4) is 0 Å². The monoisotopic (exact) mass is 471 g/mol. The molecule has 0 unspecified atom stereocenters. The summed E-state index contributed by atoms with van der Waals surface area (Å²) < 4.78 is 3.94. The zero-order valence-corrected chi connectivity index (χ0v) is 19.4. The summed E-state index contributed by atoms with van der Waals surface area (Å²) >= 11 is 2.17. The van der Waals surface area contributed by atoms with Gasteiger partial charge in [-0.2, -0.15) is 4.37 Å². The number of primary amides is 1. The highest BCUT2D eigenvalue weighted by atomic mass is 32.1. The highest BCUT2D eigenvalue weighted by Crippen LogP contribution is 2.34. The van der Waals surface area contributed by atoms with Gasteiger partial charge in [0.05, 0.1) is 5.69 Å². The molecule has 168 valence electrons. The Morgan fingerprint density at radius 3 is 2.41 bits per heavy atom. The number of anilines is 2. The van der Waals surface area contributed by atoms with E-state index in [-0.39, 0.29) is 22.2 Å². The van der Waals surface area contributed by atoms with Crippen LogP contribution in [0, 0.1) is 5.92 Å². The van der Waals surface area contributed by atoms with E-state index in [1.54, 1.807) is 24.3 Å². The standard InChI is InChI=1S/C22H25N5O3S2/c1-13(2)10-11-25-21(29)18(15-9-6-12-31-15)27(14-7-4-3-5-8-14)22(30)19-16(23)17(20(24)28)26-32-19/h3-9,12-13,18H,10-11,23H2,1-2H3,(H2,24,28)(H,25,29)/t18-/m0/s1. The third kappa shape index (κ3) is 5.14. The summed E-state index contributed by atoms with van der Waals surface area (Å²) in [6.45, 7) is 4.64. The summed E-state index contributed by atoms with van der Waals surface area (Å²) in [7, 11) is 0. The van der Waals surface area contributed by atoms with Crippen LogP contribution in [0.3, 0.4) is 0 Å². The molecule has 0 saturated carbocycles. The molecule has 0 bridgehead atoms. The number of carbonyl (C=O) groups is 3. The van der Waals surface area contributed by atoms with Crippen molar-refractivity contribution in [3.05, 3.63) is 63.3 Å². The molecule has 32 heavy (non-hydrogen) atoms. The van der Waals surface area contributed by atoms with Crippen molar-refractivity contribution in [2.45, 2.75) is 26.3 Å². The lowest BCUT2D eigenvalue weighted by Crippen LogP contribution is -2.44. The fourth-order valence-electron chi connectivity index (χ4n) is 3.11. The van der Waals surface area contributed by atoms with Crippen LogP contribution < -0.4 is 21.7 Å². The van der Waals surface area contributed by atoms with Crippen LogP contribution in [0.5, 0.6) is 0 Å². The second-order valence-electron chi connectivity index (χ2n) is 7.54. The molecule has 1 aromatic carbocycles. The molecule has 0 saturated heterocycles. The van der Waals surface area contributed by atoms with Crippen molar-refractivity contribution >= 4 is 52.0 Å². The van der Waals surface area contributed by atoms with Gasteiger partial charge in [0, 0.05) is 17.1 Å². The smallest absolute Gasteiger partial charge is 0.273 e. The number of nitrogens with one attached hydrogen (secondary N) is 1. The SMILES string of the molecule is CC(C)CCNC(=O)[C@H](c1cccs1)N(C(=O)c1snc(C(N)=O)c1N)c1ccccc1. The molecule has 0 aliphatic carbocycles. The molecule has 3 rings (SSSR count). The van der Waals surface area contributed by atoms with Crippen LogP contribution in [0.2, 0.25) is 0 Å². The predicted molar refractivity (Wildman–Crippen MR) is 128 cm³/mol. The lowest BCUT2D eigenvalue weighted by Gasteiger charge is -2.30. The maximum absolute atomic E-state index is 13.7. The number of aromatic nitrogens is 1. The molecule has 8 nitrogen and oxygen atoms in total. The summed E-state index contributed by atoms with van der Waals surface area (Å²) in [6, 6.07) is 11.6. The summed E-state index contributed by atoms with van der Waals surface area (Å²) in [4.78, 5) is 40.8. The van der Waals surface area contributed by atoms with Gasteiger partial charge in [0.2, 0.25) is 5.91 Å². The highest BCUT2D eigenvalue weighted by Gasteiger charge is 2.36. The molecule has 5 N–H and O–H groups in total. The van der Waals surface area contributed by atoms with Gasteiger partial charge < -0.3 is 16.8 Å². The molecule has 0 aliphatic heterocycles. The van der Waals surface area contributed by atoms with E-state index in [1.165, 1.54) is 16.2 Å². The fraction of sp³-hybridized carbons (Fsp3) is 0.273. The second kappa shape index (κ2) is 10.4. The molecule has 10 heteroatoms. The van der Waals surface area contributed by atoms with Crippen molar-refractivity contribution in [1.82, 2.24) is 9.69 Å². The molecular weight excluding hydrogens is 446 g/mol. The first-order valence-corrected chi connectivity index (χ1v) is 11.7. The Labute approximate surface area is 194 Å². The van der Waals surface area contributed by atoms with Gasteiger partial charge >= 0.3 is 0 Å². The first-order valence-electron chi connectivity index (χ1n) is 10.1. The van der Waals surface area contributed by atoms with Crippen LogP contribution in [0.4, 0.5) is 11.4 Å². The summed E-state index contributed by atoms with van der Waals surface area (Å²) in [5.74, 6) is -1.23. The lowest BCUT2D eigenvalue weighted by molar-refractivity contribution is -0.122. The van der Waals surface area contributed by atoms with E-state index < -0.39 is 17.9 Å². The maximum Gasteiger partial charge on any atom is 0.273 e. The van der Waals surface area contributed by atoms with Crippen molar-refractivity contribution in [2.75, 3.05) is 17.2 Å². The maximum atomic E-state index is 13.7. The zero-order valence-electron chi connectivity index (χ0n) is 17.8. The number of hydrogen-bond acceptors (Lipinski definition) is 7. The Hall–Kier alpha value is -3.24. The van der Waals surface area contributed by atoms with E-state index in [9.17, 15) is 14.4 Å². The van der Waals surface area contributed by atoms with Gasteiger partial charge in [0.25, 0.3) is 11.8 Å². The number of rotatable bonds is 9. The second-order valence-corrected chi connectivity index (χ2v) is 9.29. The molecule has 0 spiro atoms. The summed E-state index contributed by atoms with van der Waals surface area (Å²) in [5.41, 5.74) is 11.6. The van der Waals surface area contributed by atoms with Crippen LogP contribution in [-0.4, -0.2) is 28.6 Å². The van der Waals surface area contributed by atoms with E-state index in [0.717, 1.165) is 18.0 Å². The van der Waals surface area contributed by atoms with Gasteiger partial charge in [-0.15, -0.1) is 11.3 Å². The number of nitrogens with two attached hydrogens (primary N) is 2. The fourth-order valence-corrected chi connectivity index (χ4v) is 4.67. The average Bonchev–Trinajstić information content (AvgIpc) is 3.41. The minimum absolute atomic E-state index is 0.0548. The van der Waals surface area contributed by atoms with Crippen LogP contribution >= 0.6 is 22.9 Å². The van der Waals surface area contributed by atoms with Crippen molar-refractivity contribution in [1.29, 1.82) is 0 Å². The molecule has 2 aromatic heterocycles. The topological polar surface area (TPSA) is 131 Å². The molecule has 2 heterocycles. The Bertz CT molecular complexity index is 1080. The van der Waals surface area contributed by atoms with E-state index in [0.29, 0.717) is 23.0 Å². The Morgan fingerprint density at radius 1 is 1.12 bits per heavy atom. The largest absolute Gasteiger partial charge is 0.395 e. The van der Waals surface area contributed by atoms with E-state index in [2.05, 4.69) is 23.5 Å². The highest BCUT2D eigenvalue weighted by molar-refractivity contribution is 7.10. The van der Waals surface area contributed by atoms with Crippen LogP contribution in [0.25, 0.3) is 0 Å². The lowest BCUT2D eigenvalue weighted by atomic mass is 10.1. The van der Waals surface area contributed by atoms with Gasteiger partial charge in [0.15, 0.2) is 11.7 Å². The van der Waals surface area contributed by atoms with Gasteiger partial charge in [-0.3, -0.25) is 19.3 Å². The minimum Gasteiger partial charge on any atom is -0.395 e. The Morgan fingerprint density at radius 2 is 1.84 bits per heavy atom. The van der Waals surface area contributed by atoms with Crippen molar-refractivity contribution in [3.63, 3.8) is 0 Å². The zero-order chi connectivity index (χ0) is 23.3. The minimum atomic E-state index is -0.921. The average molecular weight is 472 g/mol. The Balaban J connectivity index is 2.07. The van der Waals surface area contributed by atoms with Gasteiger partial charge in [0.1, 0.15) is 4.88 Å². The number of carbonyl (C=O) groups excluding carboxylic acids is 3. The number of benzene rings is 1. The molecule has 3 aromatic rings. The third-order valence-electron chi connectivity index (χ3n) is 4.75. The van der Waals surface area contributed by atoms with E-state index in [1.807, 2.05) is 23.6 Å². The summed E-state index contributed by atoms with van der Waals surface area (Å²) in [6.07, 6.45) is 0.811. The predicted octanol–water partition coefficient (Wildman–Crippen LogP) is 3.44. The number of amides is 3. The van der Waals surface area contributed by atoms with Crippen LogP contribution in [0.15, 0.2) is 47.8 Å². The number of thiophene rings is 1. The molecule has 0 fully saturated rings. The van der Waals surface area contributed by atoms with Gasteiger partial charge in [-0.25, -0.2) is 0 Å². The molecule has 0 radical (unpaired) electrons. The summed E-state index contributed by atoms with van der Waals surface area (Å²) in [5, 5.41) is 4.80. The van der Waals surface area contributed by atoms with Crippen molar-refractivity contribution < 1.29 is 14.4 Å². The first-order chi connectivity index (χ1) is 15.3. The molecule has 3 amide bonds. The van der Waals surface area contributed by atoms with Gasteiger partial charge in [-0.05, 0) is 47.5 Å². The first kappa shape index (κ1) is 23.4. The van der Waals surface area contributed by atoms with Crippen molar-refractivity contribution in [2.24, 2.45) is 11.7 Å². The number of para-hydroxylation sites is 1. The quantitative estimate of drug-likeness (QED) is 0.440. The molecular formula is C22H25N5O3S2. The normalized spacial score (nSPS) is 11.8. The number of nitrogens with zero attached hydrogens (tertiary/aromatic N) is 2. The van der Waals surface area contributed by atoms with Crippen LogP contribution in [0.1, 0.15) is 51.3 Å². The molecule has 0 aliphatic rings. The van der Waals surface area contributed by atoms with E-state index in [4.69, 9.17) is 11.5 Å². The number of nitrogen functional groups attached to an aromatic ring is 1. The number of hydrogen-bond donors (Lipinski definition) is 3. The third-order valence-corrected chi connectivity index (χ3v) is 6.52. The van der Waals surface area contributed by atoms with E-state index >= 15 is 0 Å². The van der Waals surface area contributed by atoms with Crippen LogP contribution in [-0.2, 0) is 4.79 Å². The van der Waals surface area contributed by atoms with Gasteiger partial charge in [-0.1, -0.05) is 38.1 Å². The molecule has 1 atom stereocenters.